The number of carbonyl (C=O) groups is 1. The van der Waals surface area contributed by atoms with Gasteiger partial charge in [0.05, 0.1) is 5.97 Å². The molecule has 6 rings (SSSR count). The predicted octanol–water partition coefficient (Wildman–Crippen LogP) is 6.15. The molecule has 6 aromatic rings. The van der Waals surface area contributed by atoms with Gasteiger partial charge in [0.1, 0.15) is 28.9 Å². The van der Waals surface area contributed by atoms with Crippen molar-refractivity contribution < 1.29 is 14.6 Å². The summed E-state index contributed by atoms with van der Waals surface area (Å²) in [4.78, 5) is 10.1. The Morgan fingerprint density at radius 3 is 1.24 bits per heavy atom. The number of ether oxygens (including phenoxy) is 1. The van der Waals surface area contributed by atoms with Crippen molar-refractivity contribution in [1.82, 2.24) is 0 Å². The van der Waals surface area contributed by atoms with Gasteiger partial charge in [0.25, 0.3) is 0 Å². The Bertz CT molecular complexity index is 1560. The molecule has 6 aromatic carbocycles. The lowest BCUT2D eigenvalue weighted by molar-refractivity contribution is -0.255. The summed E-state index contributed by atoms with van der Waals surface area (Å²) < 4.78 is 6.51. The van der Waals surface area contributed by atoms with E-state index in [1.54, 1.807) is 18.2 Å². The molecule has 0 aliphatic heterocycles. The number of carboxylic acid groups (broad SMARTS) is 1. The Hall–Kier alpha value is -4.98. The van der Waals surface area contributed by atoms with Crippen LogP contribution in [0.4, 0.5) is 0 Å². The zero-order valence-electron chi connectivity index (χ0n) is 22.4. The summed E-state index contributed by atoms with van der Waals surface area (Å²) in [5, 5.41) is 15.2. The molecular formula is C37H29O3P. The van der Waals surface area contributed by atoms with Crippen molar-refractivity contribution in [3.63, 3.8) is 0 Å². The molecule has 0 heterocycles. The summed E-state index contributed by atoms with van der Waals surface area (Å²) in [6.45, 7) is 0. The van der Waals surface area contributed by atoms with Crippen LogP contribution < -0.4 is 31.1 Å². The lowest BCUT2D eigenvalue weighted by Gasteiger charge is -2.28. The fraction of sp³-hybridized carbons (Fsp3) is 0. The minimum absolute atomic E-state index is 0.220. The van der Waals surface area contributed by atoms with E-state index in [0.717, 1.165) is 11.5 Å². The van der Waals surface area contributed by atoms with Gasteiger partial charge in [-0.15, -0.1) is 0 Å². The molecule has 0 fully saturated rings. The lowest BCUT2D eigenvalue weighted by atomic mass is 10.2. The van der Waals surface area contributed by atoms with Crippen LogP contribution in [0.1, 0.15) is 10.4 Å². The number of carbonyl (C=O) groups excluding carboxylic acids is 1. The van der Waals surface area contributed by atoms with E-state index in [1.165, 1.54) is 33.4 Å². The third kappa shape index (κ3) is 6.27. The largest absolute Gasteiger partial charge is 0.545 e. The van der Waals surface area contributed by atoms with Gasteiger partial charge in [-0.2, -0.15) is 0 Å². The Labute approximate surface area is 241 Å². The molecule has 0 aliphatic carbocycles. The van der Waals surface area contributed by atoms with E-state index in [-0.39, 0.29) is 5.56 Å². The van der Waals surface area contributed by atoms with Crippen molar-refractivity contribution in [1.29, 1.82) is 0 Å². The SMILES string of the molecule is O=C([O-])c1ccccc1.c1ccc(Oc2ccccc2[P+](c2ccccc2)(c2ccccc2)c2ccccc2)cc1. The van der Waals surface area contributed by atoms with E-state index >= 15 is 0 Å². The van der Waals surface area contributed by atoms with Crippen molar-refractivity contribution in [3.05, 3.63) is 181 Å². The number of hydrogen-bond donors (Lipinski definition) is 0. The average molecular weight is 553 g/mol. The van der Waals surface area contributed by atoms with Gasteiger partial charge >= 0.3 is 0 Å². The zero-order chi connectivity index (χ0) is 28.3. The number of benzene rings is 6. The van der Waals surface area contributed by atoms with Gasteiger partial charge in [0.15, 0.2) is 11.1 Å². The highest BCUT2D eigenvalue weighted by molar-refractivity contribution is 8.01. The van der Waals surface area contributed by atoms with Gasteiger partial charge in [-0.05, 0) is 66.2 Å². The fourth-order valence-electron chi connectivity index (χ4n) is 4.83. The third-order valence-electron chi connectivity index (χ3n) is 6.64. The number of rotatable bonds is 7. The van der Waals surface area contributed by atoms with Crippen LogP contribution in [0.25, 0.3) is 0 Å². The quantitative estimate of drug-likeness (QED) is 0.223. The summed E-state index contributed by atoms with van der Waals surface area (Å²) >= 11 is 0. The number of aromatic carboxylic acids is 1. The molecule has 200 valence electrons. The Kier molecular flexibility index (Phi) is 9.01. The second kappa shape index (κ2) is 13.4. The van der Waals surface area contributed by atoms with Crippen LogP contribution >= 0.6 is 7.26 Å². The van der Waals surface area contributed by atoms with Crippen molar-refractivity contribution >= 4 is 34.4 Å². The second-order valence-electron chi connectivity index (χ2n) is 9.21. The van der Waals surface area contributed by atoms with E-state index < -0.39 is 13.2 Å². The van der Waals surface area contributed by atoms with E-state index in [4.69, 9.17) is 4.74 Å². The molecule has 0 aromatic heterocycles. The molecule has 0 radical (unpaired) electrons. The fourth-order valence-corrected chi connectivity index (χ4v) is 9.18. The van der Waals surface area contributed by atoms with Crippen LogP contribution in [-0.4, -0.2) is 5.97 Å². The molecule has 41 heavy (non-hydrogen) atoms. The summed E-state index contributed by atoms with van der Waals surface area (Å²) in [6.07, 6.45) is 0. The maximum absolute atomic E-state index is 10.1. The molecule has 3 nitrogen and oxygen atoms in total. The highest BCUT2D eigenvalue weighted by Crippen LogP contribution is 2.56. The van der Waals surface area contributed by atoms with Gasteiger partial charge in [-0.1, -0.05) is 115 Å². The average Bonchev–Trinajstić information content (AvgIpc) is 3.05. The van der Waals surface area contributed by atoms with Crippen LogP contribution in [-0.2, 0) is 0 Å². The minimum Gasteiger partial charge on any atom is -0.545 e. The third-order valence-corrected chi connectivity index (χ3v) is 10.9. The molecular weight excluding hydrogens is 523 g/mol. The van der Waals surface area contributed by atoms with Crippen LogP contribution in [0.2, 0.25) is 0 Å². The molecule has 0 aliphatic rings. The van der Waals surface area contributed by atoms with Crippen LogP contribution in [0.15, 0.2) is 176 Å². The topological polar surface area (TPSA) is 49.4 Å². The highest BCUT2D eigenvalue weighted by atomic mass is 31.2. The minimum atomic E-state index is -2.21. The maximum Gasteiger partial charge on any atom is 0.170 e. The monoisotopic (exact) mass is 552 g/mol. The van der Waals surface area contributed by atoms with E-state index in [9.17, 15) is 9.90 Å². The van der Waals surface area contributed by atoms with Crippen molar-refractivity contribution in [2.75, 3.05) is 0 Å². The van der Waals surface area contributed by atoms with Gasteiger partial charge in [0, 0.05) is 0 Å². The van der Waals surface area contributed by atoms with E-state index in [2.05, 4.69) is 115 Å². The van der Waals surface area contributed by atoms with E-state index in [0.29, 0.717) is 0 Å². The molecule has 0 saturated heterocycles. The molecule has 0 spiro atoms. The first kappa shape index (κ1) is 27.6. The number of carboxylic acids is 1. The highest BCUT2D eigenvalue weighted by Gasteiger charge is 2.49. The molecule has 0 amide bonds. The summed E-state index contributed by atoms with van der Waals surface area (Å²) in [6, 6.07) is 59.2. The van der Waals surface area contributed by atoms with Crippen molar-refractivity contribution in [3.8, 4) is 11.5 Å². The second-order valence-corrected chi connectivity index (χ2v) is 12.6. The Morgan fingerprint density at radius 1 is 0.463 bits per heavy atom. The van der Waals surface area contributed by atoms with E-state index in [1.807, 2.05) is 30.3 Å². The first-order valence-electron chi connectivity index (χ1n) is 13.3. The molecule has 0 unspecified atom stereocenters. The first-order chi connectivity index (χ1) is 20.2. The number of hydrogen-bond acceptors (Lipinski definition) is 3. The van der Waals surface area contributed by atoms with Crippen LogP contribution in [0.5, 0.6) is 11.5 Å². The van der Waals surface area contributed by atoms with Gasteiger partial charge in [-0.25, -0.2) is 0 Å². The van der Waals surface area contributed by atoms with Crippen molar-refractivity contribution in [2.24, 2.45) is 0 Å². The predicted molar refractivity (Wildman–Crippen MR) is 169 cm³/mol. The molecule has 0 saturated carbocycles. The summed E-state index contributed by atoms with van der Waals surface area (Å²) in [5.74, 6) is 0.603. The van der Waals surface area contributed by atoms with Gasteiger partial charge < -0.3 is 14.6 Å². The smallest absolute Gasteiger partial charge is 0.170 e. The summed E-state index contributed by atoms with van der Waals surface area (Å²) in [5.41, 5.74) is 0.220. The standard InChI is InChI=1S/C30H24OP.C7H6O2/c1-5-15-25(16-6-1)31-29-23-13-14-24-30(29)32(26-17-7-2-8-18-26,27-19-9-3-10-20-27)28-21-11-4-12-22-28;8-7(9)6-4-2-1-3-5-6/h1-24H;1-5H,(H,8,9)/q+1;/p-1. The van der Waals surface area contributed by atoms with Crippen LogP contribution in [0.3, 0.4) is 0 Å². The van der Waals surface area contributed by atoms with Gasteiger partial charge in [0.2, 0.25) is 0 Å². The first-order valence-corrected chi connectivity index (χ1v) is 15.1. The summed E-state index contributed by atoms with van der Waals surface area (Å²) in [7, 11) is -2.21. The molecule has 0 bridgehead atoms. The van der Waals surface area contributed by atoms with Gasteiger partial charge in [-0.3, -0.25) is 0 Å². The molecule has 4 heteroatoms. The van der Waals surface area contributed by atoms with Crippen molar-refractivity contribution in [2.45, 2.75) is 0 Å². The Morgan fingerprint density at radius 2 is 0.829 bits per heavy atom. The lowest BCUT2D eigenvalue weighted by Crippen LogP contribution is -2.39. The maximum atomic E-state index is 10.1. The molecule has 0 N–H and O–H groups in total. The van der Waals surface area contributed by atoms with Crippen LogP contribution in [0, 0.1) is 0 Å². The zero-order valence-corrected chi connectivity index (χ0v) is 23.3. The molecule has 0 atom stereocenters. The number of para-hydroxylation sites is 2. The normalized spacial score (nSPS) is 10.6. The Balaban J connectivity index is 0.000000321.